The number of halogens is 2. The largest absolute Gasteiger partial charge is 0.325 e. The highest BCUT2D eigenvalue weighted by atomic mass is 35.5. The van der Waals surface area contributed by atoms with E-state index in [1.165, 1.54) is 11.8 Å². The molecule has 0 fully saturated rings. The molecule has 5 nitrogen and oxygen atoms in total. The molecule has 1 amide bonds. The molecule has 1 aromatic heterocycles. The van der Waals surface area contributed by atoms with Gasteiger partial charge in [-0.2, -0.15) is 0 Å². The fourth-order valence-electron chi connectivity index (χ4n) is 2.94. The van der Waals surface area contributed by atoms with Gasteiger partial charge in [-0.25, -0.2) is 0 Å². The highest BCUT2D eigenvalue weighted by molar-refractivity contribution is 7.99. The Bertz CT molecular complexity index is 1120. The van der Waals surface area contributed by atoms with Crippen molar-refractivity contribution in [1.82, 2.24) is 14.8 Å². The lowest BCUT2D eigenvalue weighted by molar-refractivity contribution is -0.113. The molecule has 0 unspecified atom stereocenters. The Morgan fingerprint density at radius 3 is 2.72 bits per heavy atom. The van der Waals surface area contributed by atoms with Gasteiger partial charge in [0.05, 0.1) is 21.6 Å². The number of allylic oxidation sites excluding steroid dienone is 1. The molecule has 3 rings (SSSR count). The Morgan fingerprint density at radius 1 is 1.16 bits per heavy atom. The molecule has 0 aliphatic rings. The van der Waals surface area contributed by atoms with Gasteiger partial charge >= 0.3 is 0 Å². The van der Waals surface area contributed by atoms with Crippen LogP contribution in [0.5, 0.6) is 0 Å². The lowest BCUT2D eigenvalue weighted by Crippen LogP contribution is -2.15. The number of thioether (sulfide) groups is 2. The predicted octanol–water partition coefficient (Wildman–Crippen LogP) is 6.55. The lowest BCUT2D eigenvalue weighted by Gasteiger charge is -2.11. The molecular weight excluding hydrogens is 483 g/mol. The van der Waals surface area contributed by atoms with Crippen LogP contribution >= 0.6 is 46.7 Å². The van der Waals surface area contributed by atoms with Crippen molar-refractivity contribution in [2.75, 3.05) is 11.1 Å². The quantitative estimate of drug-likeness (QED) is 0.249. The van der Waals surface area contributed by atoms with Crippen LogP contribution < -0.4 is 5.32 Å². The van der Waals surface area contributed by atoms with Crippen LogP contribution in [0.2, 0.25) is 10.0 Å². The Hall–Kier alpha value is -1.93. The summed E-state index contributed by atoms with van der Waals surface area (Å²) in [7, 11) is 0. The van der Waals surface area contributed by atoms with Crippen molar-refractivity contribution in [3.05, 3.63) is 81.6 Å². The third kappa shape index (κ3) is 6.54. The first-order chi connectivity index (χ1) is 15.4. The van der Waals surface area contributed by atoms with Gasteiger partial charge in [0, 0.05) is 18.0 Å². The van der Waals surface area contributed by atoms with E-state index in [4.69, 9.17) is 23.2 Å². The minimum Gasteiger partial charge on any atom is -0.325 e. The van der Waals surface area contributed by atoms with Crippen molar-refractivity contribution in [2.24, 2.45) is 0 Å². The summed E-state index contributed by atoms with van der Waals surface area (Å²) in [6, 6.07) is 11.5. The molecule has 3 aromatic rings. The van der Waals surface area contributed by atoms with Gasteiger partial charge in [-0.05, 0) is 48.7 Å². The molecule has 0 bridgehead atoms. The van der Waals surface area contributed by atoms with Crippen molar-refractivity contribution < 1.29 is 4.79 Å². The maximum absolute atomic E-state index is 12.5. The van der Waals surface area contributed by atoms with E-state index in [-0.39, 0.29) is 11.7 Å². The predicted molar refractivity (Wildman–Crippen MR) is 137 cm³/mol. The number of rotatable bonds is 10. The molecule has 0 saturated carbocycles. The summed E-state index contributed by atoms with van der Waals surface area (Å²) >= 11 is 15.1. The standard InChI is InChI=1S/C23H24Cl2N4OS2/c1-4-10-29-21(13-31-12-17-8-9-18(24)19(25)11-17)27-28-23(29)32-14-22(30)26-20-7-5-6-15(2)16(20)3/h4-9,11H,1,10,12-14H2,2-3H3,(H,26,30). The van der Waals surface area contributed by atoms with Crippen molar-refractivity contribution in [3.63, 3.8) is 0 Å². The van der Waals surface area contributed by atoms with Gasteiger partial charge in [0.15, 0.2) is 5.16 Å². The highest BCUT2D eigenvalue weighted by Gasteiger charge is 2.14. The second-order valence-corrected chi connectivity index (χ2v) is 9.87. The van der Waals surface area contributed by atoms with Crippen LogP contribution in [0, 0.1) is 13.8 Å². The lowest BCUT2D eigenvalue weighted by atomic mass is 10.1. The Kier molecular flexibility index (Phi) is 9.11. The second kappa shape index (κ2) is 11.8. The van der Waals surface area contributed by atoms with Crippen molar-refractivity contribution in [1.29, 1.82) is 0 Å². The first-order valence-electron chi connectivity index (χ1n) is 9.92. The minimum atomic E-state index is -0.0765. The van der Waals surface area contributed by atoms with E-state index in [2.05, 4.69) is 22.1 Å². The minimum absolute atomic E-state index is 0.0765. The topological polar surface area (TPSA) is 59.8 Å². The number of amides is 1. The Morgan fingerprint density at radius 2 is 1.97 bits per heavy atom. The molecule has 1 heterocycles. The summed E-state index contributed by atoms with van der Waals surface area (Å²) < 4.78 is 1.99. The molecule has 0 aliphatic heterocycles. The third-order valence-corrected chi connectivity index (χ3v) is 7.51. The van der Waals surface area contributed by atoms with Gasteiger partial charge in [0.2, 0.25) is 5.91 Å². The second-order valence-electron chi connectivity index (χ2n) is 7.12. The van der Waals surface area contributed by atoms with Gasteiger partial charge in [-0.3, -0.25) is 4.79 Å². The van der Waals surface area contributed by atoms with Gasteiger partial charge in [0.1, 0.15) is 5.82 Å². The molecule has 168 valence electrons. The normalized spacial score (nSPS) is 10.9. The molecule has 0 radical (unpaired) electrons. The third-order valence-electron chi connectivity index (χ3n) is 4.80. The number of carbonyl (C=O) groups is 1. The molecule has 0 spiro atoms. The zero-order chi connectivity index (χ0) is 23.1. The maximum atomic E-state index is 12.5. The van der Waals surface area contributed by atoms with Crippen LogP contribution in [0.25, 0.3) is 0 Å². The number of aryl methyl sites for hydroxylation is 1. The zero-order valence-corrected chi connectivity index (χ0v) is 21.0. The van der Waals surface area contributed by atoms with E-state index >= 15 is 0 Å². The van der Waals surface area contributed by atoms with E-state index in [1.807, 2.05) is 48.7 Å². The van der Waals surface area contributed by atoms with Crippen LogP contribution in [0.4, 0.5) is 5.69 Å². The average molecular weight is 508 g/mol. The fourth-order valence-corrected chi connectivity index (χ4v) is 4.94. The fraction of sp³-hybridized carbons (Fsp3) is 0.261. The number of aromatic nitrogens is 3. The molecular formula is C23H24Cl2N4OS2. The van der Waals surface area contributed by atoms with Crippen molar-refractivity contribution in [2.45, 2.75) is 37.1 Å². The summed E-state index contributed by atoms with van der Waals surface area (Å²) in [6.07, 6.45) is 1.80. The van der Waals surface area contributed by atoms with Gasteiger partial charge in [0.25, 0.3) is 0 Å². The van der Waals surface area contributed by atoms with Crippen molar-refractivity contribution in [3.8, 4) is 0 Å². The molecule has 0 atom stereocenters. The molecule has 0 saturated heterocycles. The van der Waals surface area contributed by atoms with Crippen LogP contribution in [0.3, 0.4) is 0 Å². The van der Waals surface area contributed by atoms with Gasteiger partial charge < -0.3 is 9.88 Å². The summed E-state index contributed by atoms with van der Waals surface area (Å²) in [5.74, 6) is 2.47. The first-order valence-corrected chi connectivity index (χ1v) is 12.8. The molecule has 1 N–H and O–H groups in total. The Balaban J connectivity index is 1.58. The number of nitrogens with one attached hydrogen (secondary N) is 1. The smallest absolute Gasteiger partial charge is 0.234 e. The van der Waals surface area contributed by atoms with Crippen LogP contribution in [0.15, 0.2) is 54.2 Å². The van der Waals surface area contributed by atoms with E-state index in [0.29, 0.717) is 27.5 Å². The number of hydrogen-bond donors (Lipinski definition) is 1. The summed E-state index contributed by atoms with van der Waals surface area (Å²) in [5.41, 5.74) is 4.14. The van der Waals surface area contributed by atoms with Gasteiger partial charge in [-0.1, -0.05) is 59.2 Å². The average Bonchev–Trinajstić information content (AvgIpc) is 3.14. The number of hydrogen-bond acceptors (Lipinski definition) is 5. The van der Waals surface area contributed by atoms with E-state index < -0.39 is 0 Å². The number of benzene rings is 2. The zero-order valence-electron chi connectivity index (χ0n) is 17.9. The van der Waals surface area contributed by atoms with Crippen LogP contribution in [-0.4, -0.2) is 26.4 Å². The number of nitrogens with zero attached hydrogens (tertiary/aromatic N) is 3. The van der Waals surface area contributed by atoms with Crippen LogP contribution in [0.1, 0.15) is 22.5 Å². The summed E-state index contributed by atoms with van der Waals surface area (Å²) in [5, 5.41) is 13.4. The van der Waals surface area contributed by atoms with E-state index in [0.717, 1.165) is 34.0 Å². The number of anilines is 1. The molecule has 2 aromatic carbocycles. The van der Waals surface area contributed by atoms with E-state index in [1.54, 1.807) is 23.9 Å². The summed E-state index contributed by atoms with van der Waals surface area (Å²) in [6.45, 7) is 8.44. The molecule has 32 heavy (non-hydrogen) atoms. The van der Waals surface area contributed by atoms with Crippen molar-refractivity contribution >= 4 is 58.3 Å². The molecule has 9 heteroatoms. The van der Waals surface area contributed by atoms with E-state index in [9.17, 15) is 4.79 Å². The SMILES string of the molecule is C=CCn1c(CSCc2ccc(Cl)c(Cl)c2)nnc1SCC(=O)Nc1cccc(C)c1C. The maximum Gasteiger partial charge on any atom is 0.234 e. The number of carbonyl (C=O) groups excluding carboxylic acids is 1. The Labute approximate surface area is 207 Å². The monoisotopic (exact) mass is 506 g/mol. The highest BCUT2D eigenvalue weighted by Crippen LogP contribution is 2.27. The first kappa shape index (κ1) is 24.7. The van der Waals surface area contributed by atoms with Crippen LogP contribution in [-0.2, 0) is 22.8 Å². The van der Waals surface area contributed by atoms with Gasteiger partial charge in [-0.15, -0.1) is 28.5 Å². The molecule has 0 aliphatic carbocycles. The summed E-state index contributed by atoms with van der Waals surface area (Å²) in [4.78, 5) is 12.5.